The van der Waals surface area contributed by atoms with Crippen LogP contribution in [-0.2, 0) is 13.6 Å². The minimum Gasteiger partial charge on any atom is -0.357 e. The molecule has 26 heavy (non-hydrogen) atoms. The van der Waals surface area contributed by atoms with Crippen molar-refractivity contribution in [2.75, 3.05) is 26.2 Å². The fourth-order valence-corrected chi connectivity index (χ4v) is 4.34. The molecule has 2 N–H and O–H groups in total. The molecule has 0 amide bonds. The molecule has 1 atom stereocenters. The summed E-state index contributed by atoms with van der Waals surface area (Å²) >= 11 is 0. The van der Waals surface area contributed by atoms with Crippen LogP contribution in [0.4, 0.5) is 0 Å². The van der Waals surface area contributed by atoms with Crippen LogP contribution < -0.4 is 10.6 Å². The van der Waals surface area contributed by atoms with E-state index in [0.717, 1.165) is 30.7 Å². The molecular weight excluding hydrogens is 324 g/mol. The maximum absolute atomic E-state index is 4.73. The first-order valence-corrected chi connectivity index (χ1v) is 10.5. The van der Waals surface area contributed by atoms with E-state index in [4.69, 9.17) is 4.99 Å². The zero-order valence-corrected chi connectivity index (χ0v) is 16.6. The van der Waals surface area contributed by atoms with E-state index < -0.39 is 0 Å². The van der Waals surface area contributed by atoms with Crippen molar-refractivity contribution in [2.24, 2.45) is 18.0 Å². The summed E-state index contributed by atoms with van der Waals surface area (Å²) in [6, 6.07) is 2.67. The van der Waals surface area contributed by atoms with Gasteiger partial charge >= 0.3 is 0 Å². The molecule has 1 aliphatic heterocycles. The molecular formula is C20H36N6. The Hall–Kier alpha value is -1.56. The van der Waals surface area contributed by atoms with Gasteiger partial charge in [0.15, 0.2) is 5.96 Å². The Balaban J connectivity index is 1.49. The number of aryl methyl sites for hydroxylation is 1. The van der Waals surface area contributed by atoms with Crippen LogP contribution in [0.2, 0.25) is 0 Å². The molecule has 1 aromatic heterocycles. The minimum atomic E-state index is 0.650. The molecule has 146 valence electrons. The van der Waals surface area contributed by atoms with Gasteiger partial charge in [-0.1, -0.05) is 19.3 Å². The van der Waals surface area contributed by atoms with Gasteiger partial charge < -0.3 is 10.6 Å². The zero-order valence-electron chi connectivity index (χ0n) is 16.6. The van der Waals surface area contributed by atoms with Gasteiger partial charge in [0.1, 0.15) is 0 Å². The Bertz CT molecular complexity index is 560. The summed E-state index contributed by atoms with van der Waals surface area (Å²) in [4.78, 5) is 7.46. The van der Waals surface area contributed by atoms with Crippen molar-refractivity contribution in [3.05, 3.63) is 18.0 Å². The highest BCUT2D eigenvalue weighted by atomic mass is 15.3. The van der Waals surface area contributed by atoms with E-state index in [1.807, 2.05) is 24.0 Å². The van der Waals surface area contributed by atoms with Gasteiger partial charge in [-0.3, -0.25) is 9.58 Å². The molecule has 1 aliphatic carbocycles. The van der Waals surface area contributed by atoms with Crippen molar-refractivity contribution in [1.82, 2.24) is 25.3 Å². The lowest BCUT2D eigenvalue weighted by Crippen LogP contribution is -2.46. The van der Waals surface area contributed by atoms with E-state index in [0.29, 0.717) is 12.6 Å². The Morgan fingerprint density at radius 2 is 2.04 bits per heavy atom. The standard InChI is InChI=1S/C20H36N6/c1-3-21-20(22-14-18-11-12-24-25(18)2)23-15-19-10-7-13-26(19)16-17-8-5-4-6-9-17/h11-12,17,19H,3-10,13-16H2,1-2H3,(H2,21,22,23). The monoisotopic (exact) mass is 360 g/mol. The molecule has 2 aliphatic rings. The molecule has 6 heteroatoms. The van der Waals surface area contributed by atoms with Crippen molar-refractivity contribution in [3.63, 3.8) is 0 Å². The molecule has 1 aromatic rings. The maximum Gasteiger partial charge on any atom is 0.191 e. The lowest BCUT2D eigenvalue weighted by Gasteiger charge is -2.31. The number of aromatic nitrogens is 2. The average Bonchev–Trinajstić information content (AvgIpc) is 3.27. The summed E-state index contributed by atoms with van der Waals surface area (Å²) in [5.74, 6) is 1.84. The van der Waals surface area contributed by atoms with Gasteiger partial charge in [0.25, 0.3) is 0 Å². The quantitative estimate of drug-likeness (QED) is 0.579. The first-order chi connectivity index (χ1) is 12.8. The first kappa shape index (κ1) is 19.2. The zero-order chi connectivity index (χ0) is 18.2. The van der Waals surface area contributed by atoms with Crippen LogP contribution in [0.25, 0.3) is 0 Å². The van der Waals surface area contributed by atoms with Gasteiger partial charge in [0.2, 0.25) is 0 Å². The molecule has 1 saturated heterocycles. The largest absolute Gasteiger partial charge is 0.357 e. The van der Waals surface area contributed by atoms with Crippen molar-refractivity contribution in [3.8, 4) is 0 Å². The van der Waals surface area contributed by atoms with Crippen LogP contribution in [0.15, 0.2) is 17.3 Å². The number of guanidine groups is 1. The number of aliphatic imine (C=N–C) groups is 1. The van der Waals surface area contributed by atoms with Crippen molar-refractivity contribution >= 4 is 5.96 Å². The predicted molar refractivity (Wildman–Crippen MR) is 107 cm³/mol. The molecule has 2 fully saturated rings. The third-order valence-electron chi connectivity index (χ3n) is 5.89. The van der Waals surface area contributed by atoms with Gasteiger partial charge in [-0.25, -0.2) is 4.99 Å². The summed E-state index contributed by atoms with van der Waals surface area (Å²) in [5, 5.41) is 11.2. The van der Waals surface area contributed by atoms with E-state index in [1.54, 1.807) is 0 Å². The van der Waals surface area contributed by atoms with Crippen molar-refractivity contribution in [1.29, 1.82) is 0 Å². The first-order valence-electron chi connectivity index (χ1n) is 10.5. The molecule has 0 radical (unpaired) electrons. The van der Waals surface area contributed by atoms with E-state index in [-0.39, 0.29) is 0 Å². The second kappa shape index (κ2) is 9.95. The smallest absolute Gasteiger partial charge is 0.191 e. The lowest BCUT2D eigenvalue weighted by atomic mass is 9.89. The third kappa shape index (κ3) is 5.47. The Labute approximate surface area is 158 Å². The number of hydrogen-bond donors (Lipinski definition) is 2. The average molecular weight is 361 g/mol. The molecule has 0 aromatic carbocycles. The lowest BCUT2D eigenvalue weighted by molar-refractivity contribution is 0.188. The molecule has 6 nitrogen and oxygen atoms in total. The molecule has 2 heterocycles. The van der Waals surface area contributed by atoms with Gasteiger partial charge in [0, 0.05) is 38.9 Å². The summed E-state index contributed by atoms with van der Waals surface area (Å²) in [5.41, 5.74) is 1.13. The van der Waals surface area contributed by atoms with Crippen LogP contribution in [0.5, 0.6) is 0 Å². The van der Waals surface area contributed by atoms with Crippen molar-refractivity contribution in [2.45, 2.75) is 64.5 Å². The van der Waals surface area contributed by atoms with E-state index >= 15 is 0 Å². The van der Waals surface area contributed by atoms with Crippen LogP contribution >= 0.6 is 0 Å². The third-order valence-corrected chi connectivity index (χ3v) is 5.89. The Morgan fingerprint density at radius 3 is 2.77 bits per heavy atom. The normalized spacial score (nSPS) is 22.7. The number of hydrogen-bond acceptors (Lipinski definition) is 3. The molecule has 0 bridgehead atoms. The highest BCUT2D eigenvalue weighted by molar-refractivity contribution is 5.79. The van der Waals surface area contributed by atoms with Gasteiger partial charge in [-0.2, -0.15) is 5.10 Å². The summed E-state index contributed by atoms with van der Waals surface area (Å²) in [6.45, 7) is 7.22. The van der Waals surface area contributed by atoms with Gasteiger partial charge in [0.05, 0.1) is 12.2 Å². The fourth-order valence-electron chi connectivity index (χ4n) is 4.34. The van der Waals surface area contributed by atoms with Gasteiger partial charge in [-0.05, 0) is 51.1 Å². The number of likely N-dealkylation sites (tertiary alicyclic amines) is 1. The summed E-state index contributed by atoms with van der Waals surface area (Å²) in [6.07, 6.45) is 11.7. The van der Waals surface area contributed by atoms with Crippen LogP contribution in [0.3, 0.4) is 0 Å². The highest BCUT2D eigenvalue weighted by Gasteiger charge is 2.27. The second-order valence-corrected chi connectivity index (χ2v) is 7.82. The number of nitrogens with zero attached hydrogens (tertiary/aromatic N) is 4. The Morgan fingerprint density at radius 1 is 1.19 bits per heavy atom. The molecule has 3 rings (SSSR count). The number of nitrogens with one attached hydrogen (secondary N) is 2. The van der Waals surface area contributed by atoms with Crippen LogP contribution in [0.1, 0.15) is 57.6 Å². The molecule has 1 saturated carbocycles. The Kier molecular flexibility index (Phi) is 7.35. The number of rotatable bonds is 7. The topological polar surface area (TPSA) is 57.5 Å². The summed E-state index contributed by atoms with van der Waals surface area (Å²) < 4.78 is 1.88. The highest BCUT2D eigenvalue weighted by Crippen LogP contribution is 2.27. The van der Waals surface area contributed by atoms with Crippen molar-refractivity contribution < 1.29 is 0 Å². The molecule has 0 spiro atoms. The second-order valence-electron chi connectivity index (χ2n) is 7.82. The predicted octanol–water partition coefficient (Wildman–Crippen LogP) is 2.52. The van der Waals surface area contributed by atoms with Crippen LogP contribution in [-0.4, -0.2) is 52.9 Å². The summed E-state index contributed by atoms with van der Waals surface area (Å²) in [7, 11) is 1.97. The van der Waals surface area contributed by atoms with Gasteiger partial charge in [-0.15, -0.1) is 0 Å². The van der Waals surface area contributed by atoms with E-state index in [9.17, 15) is 0 Å². The van der Waals surface area contributed by atoms with E-state index in [1.165, 1.54) is 58.0 Å². The fraction of sp³-hybridized carbons (Fsp3) is 0.800. The SMILES string of the molecule is CCNC(=NCc1ccnn1C)NCC1CCCN1CC1CCCCC1. The van der Waals surface area contributed by atoms with E-state index in [2.05, 4.69) is 27.6 Å². The maximum atomic E-state index is 4.73. The molecule has 1 unspecified atom stereocenters. The minimum absolute atomic E-state index is 0.650. The van der Waals surface area contributed by atoms with Crippen LogP contribution in [0, 0.1) is 5.92 Å².